The fourth-order valence-electron chi connectivity index (χ4n) is 2.85. The van der Waals surface area contributed by atoms with E-state index in [-0.39, 0.29) is 24.2 Å². The third-order valence-corrected chi connectivity index (χ3v) is 5.32. The highest BCUT2D eigenvalue weighted by Crippen LogP contribution is 2.18. The largest absolute Gasteiger partial charge is 0.339 e. The van der Waals surface area contributed by atoms with E-state index in [0.717, 1.165) is 4.90 Å². The summed E-state index contributed by atoms with van der Waals surface area (Å²) < 4.78 is 12.9. The van der Waals surface area contributed by atoms with Crippen LogP contribution in [0.2, 0.25) is 0 Å². The van der Waals surface area contributed by atoms with E-state index in [1.807, 2.05) is 40.1 Å². The number of benzene rings is 2. The number of carbonyl (C=O) groups is 2. The molecule has 2 amide bonds. The lowest BCUT2D eigenvalue weighted by molar-refractivity contribution is -0.130. The van der Waals surface area contributed by atoms with E-state index in [0.29, 0.717) is 37.6 Å². The van der Waals surface area contributed by atoms with Crippen molar-refractivity contribution < 1.29 is 14.0 Å². The van der Waals surface area contributed by atoms with Gasteiger partial charge in [-0.2, -0.15) is 0 Å². The highest BCUT2D eigenvalue weighted by atomic mass is 32.2. The lowest BCUT2D eigenvalue weighted by atomic mass is 10.3. The minimum atomic E-state index is -0.334. The molecule has 1 aliphatic rings. The maximum Gasteiger partial charge on any atom is 0.238 e. The van der Waals surface area contributed by atoms with Gasteiger partial charge in [-0.1, -0.05) is 18.2 Å². The molecule has 27 heavy (non-hydrogen) atoms. The Hall–Kier alpha value is -2.38. The number of nitrogens with one attached hydrogen (secondary N) is 1. The van der Waals surface area contributed by atoms with Gasteiger partial charge in [-0.15, -0.1) is 11.8 Å². The number of nitrogens with zero attached hydrogens (tertiary/aromatic N) is 2. The minimum Gasteiger partial charge on any atom is -0.339 e. The number of piperazine rings is 1. The summed E-state index contributed by atoms with van der Waals surface area (Å²) in [6.45, 7) is 2.84. The standard InChI is InChI=1S/C20H22FN3O2S/c21-16-6-8-17(9-7-16)22-19(25)14-23-10-12-24(13-11-23)20(26)15-27-18-4-2-1-3-5-18/h1-9H,10-15H2,(H,22,25). The Labute approximate surface area is 162 Å². The average molecular weight is 387 g/mol. The molecule has 0 aromatic heterocycles. The van der Waals surface area contributed by atoms with Crippen LogP contribution in [-0.4, -0.2) is 60.1 Å². The number of anilines is 1. The molecule has 1 aliphatic heterocycles. The molecule has 142 valence electrons. The van der Waals surface area contributed by atoms with Crippen LogP contribution in [0, 0.1) is 5.82 Å². The molecule has 0 spiro atoms. The molecule has 1 heterocycles. The predicted molar refractivity (Wildman–Crippen MR) is 105 cm³/mol. The summed E-state index contributed by atoms with van der Waals surface area (Å²) in [6.07, 6.45) is 0. The Kier molecular flexibility index (Phi) is 6.84. The van der Waals surface area contributed by atoms with Crippen LogP contribution in [0.4, 0.5) is 10.1 Å². The smallest absolute Gasteiger partial charge is 0.238 e. The number of carbonyl (C=O) groups excluding carboxylic acids is 2. The summed E-state index contributed by atoms with van der Waals surface area (Å²) >= 11 is 1.54. The first-order valence-electron chi connectivity index (χ1n) is 8.83. The number of thioether (sulfide) groups is 1. The highest BCUT2D eigenvalue weighted by Gasteiger charge is 2.22. The van der Waals surface area contributed by atoms with Crippen molar-refractivity contribution in [1.29, 1.82) is 0 Å². The van der Waals surface area contributed by atoms with Crippen molar-refractivity contribution >= 4 is 29.3 Å². The van der Waals surface area contributed by atoms with Gasteiger partial charge in [0.25, 0.3) is 0 Å². The van der Waals surface area contributed by atoms with E-state index >= 15 is 0 Å². The molecule has 0 unspecified atom stereocenters. The molecule has 7 heteroatoms. The zero-order valence-electron chi connectivity index (χ0n) is 14.9. The van der Waals surface area contributed by atoms with Crippen molar-refractivity contribution in [1.82, 2.24) is 9.80 Å². The summed E-state index contributed by atoms with van der Waals surface area (Å²) in [5.41, 5.74) is 0.577. The van der Waals surface area contributed by atoms with Gasteiger partial charge in [0.15, 0.2) is 0 Å². The quantitative estimate of drug-likeness (QED) is 0.775. The molecule has 0 aliphatic carbocycles. The average Bonchev–Trinajstić information content (AvgIpc) is 2.69. The molecular weight excluding hydrogens is 365 g/mol. The molecule has 2 aromatic rings. The molecule has 5 nitrogen and oxygen atoms in total. The summed E-state index contributed by atoms with van der Waals surface area (Å²) in [5, 5.41) is 2.76. The van der Waals surface area contributed by atoms with Crippen LogP contribution in [0.15, 0.2) is 59.5 Å². The number of amides is 2. The first-order chi connectivity index (χ1) is 13.1. The molecular formula is C20H22FN3O2S. The number of rotatable bonds is 6. The van der Waals surface area contributed by atoms with Crippen LogP contribution in [0.3, 0.4) is 0 Å². The lowest BCUT2D eigenvalue weighted by Crippen LogP contribution is -2.50. The molecule has 0 bridgehead atoms. The first-order valence-corrected chi connectivity index (χ1v) is 9.82. The van der Waals surface area contributed by atoms with Crippen molar-refractivity contribution in [2.75, 3.05) is 43.8 Å². The van der Waals surface area contributed by atoms with Crippen molar-refractivity contribution in [2.45, 2.75) is 4.90 Å². The first kappa shape index (κ1) is 19.4. The second-order valence-corrected chi connectivity index (χ2v) is 7.36. The van der Waals surface area contributed by atoms with Gasteiger partial charge in [0, 0.05) is 36.8 Å². The monoisotopic (exact) mass is 387 g/mol. The van der Waals surface area contributed by atoms with Gasteiger partial charge in [-0.3, -0.25) is 14.5 Å². The third-order valence-electron chi connectivity index (χ3n) is 4.33. The Morgan fingerprint density at radius 3 is 2.30 bits per heavy atom. The summed E-state index contributed by atoms with van der Waals surface area (Å²) in [7, 11) is 0. The Morgan fingerprint density at radius 1 is 0.963 bits per heavy atom. The molecule has 1 N–H and O–H groups in total. The highest BCUT2D eigenvalue weighted by molar-refractivity contribution is 8.00. The van der Waals surface area contributed by atoms with Gasteiger partial charge in [0.2, 0.25) is 11.8 Å². The van der Waals surface area contributed by atoms with E-state index in [1.165, 1.54) is 24.3 Å². The summed E-state index contributed by atoms with van der Waals surface area (Å²) in [4.78, 5) is 29.4. The van der Waals surface area contributed by atoms with E-state index in [2.05, 4.69) is 5.32 Å². The van der Waals surface area contributed by atoms with Crippen LogP contribution in [0.25, 0.3) is 0 Å². The van der Waals surface area contributed by atoms with Gasteiger partial charge >= 0.3 is 0 Å². The van der Waals surface area contributed by atoms with Crippen molar-refractivity contribution in [3.05, 3.63) is 60.4 Å². The molecule has 1 saturated heterocycles. The zero-order chi connectivity index (χ0) is 19.1. The number of hydrogen-bond donors (Lipinski definition) is 1. The molecule has 1 fully saturated rings. The molecule has 0 radical (unpaired) electrons. The van der Waals surface area contributed by atoms with E-state index in [4.69, 9.17) is 0 Å². The molecule has 0 saturated carbocycles. The Balaban J connectivity index is 1.38. The van der Waals surface area contributed by atoms with Crippen LogP contribution in [0.5, 0.6) is 0 Å². The van der Waals surface area contributed by atoms with Crippen LogP contribution < -0.4 is 5.32 Å². The van der Waals surface area contributed by atoms with Gasteiger partial charge in [-0.25, -0.2) is 4.39 Å². The van der Waals surface area contributed by atoms with Gasteiger partial charge in [-0.05, 0) is 36.4 Å². The summed E-state index contributed by atoms with van der Waals surface area (Å²) in [5.74, 6) is 0.0780. The van der Waals surface area contributed by atoms with Crippen molar-refractivity contribution in [3.8, 4) is 0 Å². The maximum absolute atomic E-state index is 12.9. The third kappa shape index (κ3) is 6.08. The zero-order valence-corrected chi connectivity index (χ0v) is 15.8. The normalized spacial score (nSPS) is 14.8. The lowest BCUT2D eigenvalue weighted by Gasteiger charge is -2.34. The van der Waals surface area contributed by atoms with E-state index < -0.39 is 0 Å². The van der Waals surface area contributed by atoms with E-state index in [9.17, 15) is 14.0 Å². The minimum absolute atomic E-state index is 0.124. The topological polar surface area (TPSA) is 52.7 Å². The SMILES string of the molecule is O=C(CN1CCN(C(=O)CSc2ccccc2)CC1)Nc1ccc(F)cc1. The molecule has 0 atom stereocenters. The van der Waals surface area contributed by atoms with Gasteiger partial charge in [0.05, 0.1) is 12.3 Å². The fraction of sp³-hybridized carbons (Fsp3) is 0.300. The second kappa shape index (κ2) is 9.53. The van der Waals surface area contributed by atoms with Crippen LogP contribution >= 0.6 is 11.8 Å². The van der Waals surface area contributed by atoms with Crippen LogP contribution in [0.1, 0.15) is 0 Å². The number of hydrogen-bond acceptors (Lipinski definition) is 4. The second-order valence-electron chi connectivity index (χ2n) is 6.31. The van der Waals surface area contributed by atoms with Crippen LogP contribution in [-0.2, 0) is 9.59 Å². The van der Waals surface area contributed by atoms with Crippen molar-refractivity contribution in [3.63, 3.8) is 0 Å². The molecule has 2 aromatic carbocycles. The fourth-order valence-corrected chi connectivity index (χ4v) is 3.67. The Morgan fingerprint density at radius 2 is 1.63 bits per heavy atom. The maximum atomic E-state index is 12.9. The van der Waals surface area contributed by atoms with Gasteiger partial charge in [0.1, 0.15) is 5.82 Å². The van der Waals surface area contributed by atoms with Crippen molar-refractivity contribution in [2.24, 2.45) is 0 Å². The molecule has 3 rings (SSSR count). The van der Waals surface area contributed by atoms with E-state index in [1.54, 1.807) is 11.8 Å². The number of halogens is 1. The Bertz CT molecular complexity index is 763. The summed E-state index contributed by atoms with van der Waals surface area (Å²) in [6, 6.07) is 15.6. The van der Waals surface area contributed by atoms with Gasteiger partial charge < -0.3 is 10.2 Å². The predicted octanol–water partition coefficient (Wildman–Crippen LogP) is 2.70.